The van der Waals surface area contributed by atoms with Crippen LogP contribution in [0.2, 0.25) is 0 Å². The van der Waals surface area contributed by atoms with Gasteiger partial charge in [0.05, 0.1) is 10.8 Å². The number of thioether (sulfide) groups is 1. The molecule has 0 bridgehead atoms. The summed E-state index contributed by atoms with van der Waals surface area (Å²) in [7, 11) is 0. The van der Waals surface area contributed by atoms with Gasteiger partial charge in [-0.2, -0.15) is 0 Å². The highest BCUT2D eigenvalue weighted by atomic mass is 32.2. The Morgan fingerprint density at radius 3 is 3.56 bits per heavy atom. The van der Waals surface area contributed by atoms with Crippen molar-refractivity contribution in [2.24, 2.45) is 0 Å². The molecule has 0 aliphatic carbocycles. The first kappa shape index (κ1) is 5.23. The fourth-order valence-corrected chi connectivity index (χ4v) is 1.68. The van der Waals surface area contributed by atoms with E-state index in [9.17, 15) is 0 Å². The van der Waals surface area contributed by atoms with E-state index < -0.39 is 0 Å². The molecule has 0 aromatic heterocycles. The summed E-state index contributed by atoms with van der Waals surface area (Å²) in [6.45, 7) is 0.715. The Labute approximate surface area is 58.0 Å². The maximum absolute atomic E-state index is 5.26. The molecule has 0 unspecified atom stereocenters. The van der Waals surface area contributed by atoms with Crippen LogP contribution < -0.4 is 5.32 Å². The summed E-state index contributed by atoms with van der Waals surface area (Å²) in [5.74, 6) is 1.91. The maximum Gasteiger partial charge on any atom is 0.201 e. The normalized spacial score (nSPS) is 23.1. The van der Waals surface area contributed by atoms with E-state index in [1.807, 2.05) is 6.08 Å². The number of allylic oxidation sites excluding steroid dienone is 1. The molecule has 0 aromatic carbocycles. The van der Waals surface area contributed by atoms with Gasteiger partial charge < -0.3 is 10.1 Å². The zero-order chi connectivity index (χ0) is 6.10. The molecule has 0 fully saturated rings. The van der Waals surface area contributed by atoms with Crippen LogP contribution in [0, 0.1) is 0 Å². The lowest BCUT2D eigenvalue weighted by Crippen LogP contribution is -2.11. The van der Waals surface area contributed by atoms with Crippen LogP contribution >= 0.6 is 11.8 Å². The zero-order valence-corrected chi connectivity index (χ0v) is 5.70. The van der Waals surface area contributed by atoms with E-state index >= 15 is 0 Å². The highest BCUT2D eigenvalue weighted by Gasteiger charge is 2.15. The van der Waals surface area contributed by atoms with Gasteiger partial charge in [-0.15, -0.1) is 0 Å². The molecule has 0 saturated heterocycles. The van der Waals surface area contributed by atoms with Gasteiger partial charge in [0, 0.05) is 0 Å². The average Bonchev–Trinajstić information content (AvgIpc) is 2.33. The second kappa shape index (κ2) is 1.99. The third-order valence-corrected chi connectivity index (χ3v) is 2.20. The Kier molecular flexibility index (Phi) is 1.16. The standard InChI is InChI=1S/C6H7NOS/c1-2-5-6(8-3-1)7-4-9-5/h1-2,7H,3-4H2. The van der Waals surface area contributed by atoms with Crippen molar-refractivity contribution >= 4 is 11.8 Å². The SMILES string of the molecule is C1=CC2=C(NCS2)OC1. The molecule has 2 heterocycles. The quantitative estimate of drug-likeness (QED) is 0.544. The summed E-state index contributed by atoms with van der Waals surface area (Å²) in [5, 5.41) is 3.13. The number of ether oxygens (including phenoxy) is 1. The van der Waals surface area contributed by atoms with Gasteiger partial charge >= 0.3 is 0 Å². The molecule has 0 amide bonds. The highest BCUT2D eigenvalue weighted by Crippen LogP contribution is 2.27. The molecule has 2 aliphatic rings. The van der Waals surface area contributed by atoms with Crippen molar-refractivity contribution in [1.29, 1.82) is 0 Å². The molecule has 0 aromatic rings. The Bertz CT molecular complexity index is 185. The van der Waals surface area contributed by atoms with Gasteiger partial charge in [0.15, 0.2) is 0 Å². The van der Waals surface area contributed by atoms with Gasteiger partial charge in [0.2, 0.25) is 5.88 Å². The predicted molar refractivity (Wildman–Crippen MR) is 37.7 cm³/mol. The summed E-state index contributed by atoms with van der Waals surface area (Å²) in [6.07, 6.45) is 4.13. The Morgan fingerprint density at radius 2 is 2.67 bits per heavy atom. The van der Waals surface area contributed by atoms with Crippen LogP contribution in [0.3, 0.4) is 0 Å². The van der Waals surface area contributed by atoms with Crippen molar-refractivity contribution in [2.75, 3.05) is 12.5 Å². The largest absolute Gasteiger partial charge is 0.474 e. The van der Waals surface area contributed by atoms with Crippen molar-refractivity contribution in [3.8, 4) is 0 Å². The zero-order valence-electron chi connectivity index (χ0n) is 4.89. The molecular weight excluding hydrogens is 134 g/mol. The molecule has 0 saturated carbocycles. The smallest absolute Gasteiger partial charge is 0.201 e. The number of hydrogen-bond donors (Lipinski definition) is 1. The van der Waals surface area contributed by atoms with Gasteiger partial charge in [0.1, 0.15) is 6.61 Å². The molecule has 3 heteroatoms. The van der Waals surface area contributed by atoms with Crippen molar-refractivity contribution in [1.82, 2.24) is 5.32 Å². The third kappa shape index (κ3) is 0.812. The van der Waals surface area contributed by atoms with E-state index in [4.69, 9.17) is 4.74 Å². The summed E-state index contributed by atoms with van der Waals surface area (Å²) in [4.78, 5) is 1.24. The van der Waals surface area contributed by atoms with Gasteiger partial charge in [0.25, 0.3) is 0 Å². The molecule has 9 heavy (non-hydrogen) atoms. The van der Waals surface area contributed by atoms with E-state index in [1.165, 1.54) is 4.91 Å². The summed E-state index contributed by atoms with van der Waals surface area (Å²) >= 11 is 1.78. The van der Waals surface area contributed by atoms with Crippen LogP contribution in [-0.2, 0) is 4.74 Å². The highest BCUT2D eigenvalue weighted by molar-refractivity contribution is 8.03. The van der Waals surface area contributed by atoms with E-state index in [0.29, 0.717) is 6.61 Å². The lowest BCUT2D eigenvalue weighted by molar-refractivity contribution is 0.224. The van der Waals surface area contributed by atoms with Crippen LogP contribution in [0.5, 0.6) is 0 Å². The summed E-state index contributed by atoms with van der Waals surface area (Å²) in [5.41, 5.74) is 0. The van der Waals surface area contributed by atoms with Crippen molar-refractivity contribution in [3.63, 3.8) is 0 Å². The molecular formula is C6H7NOS. The Hall–Kier alpha value is -0.570. The van der Waals surface area contributed by atoms with Crippen molar-refractivity contribution in [3.05, 3.63) is 22.9 Å². The minimum absolute atomic E-state index is 0.715. The van der Waals surface area contributed by atoms with Crippen molar-refractivity contribution in [2.45, 2.75) is 0 Å². The lowest BCUT2D eigenvalue weighted by Gasteiger charge is -2.08. The summed E-state index contributed by atoms with van der Waals surface area (Å²) < 4.78 is 5.26. The summed E-state index contributed by atoms with van der Waals surface area (Å²) in [6, 6.07) is 0. The molecule has 2 aliphatic heterocycles. The number of hydrogen-bond acceptors (Lipinski definition) is 3. The Balaban J connectivity index is 2.28. The van der Waals surface area contributed by atoms with Crippen LogP contribution in [0.4, 0.5) is 0 Å². The molecule has 0 atom stereocenters. The van der Waals surface area contributed by atoms with Crippen LogP contribution in [0.25, 0.3) is 0 Å². The van der Waals surface area contributed by atoms with Crippen molar-refractivity contribution < 1.29 is 4.74 Å². The van der Waals surface area contributed by atoms with Gasteiger partial charge in [-0.1, -0.05) is 11.8 Å². The monoisotopic (exact) mass is 141 g/mol. The first-order valence-corrected chi connectivity index (χ1v) is 3.86. The molecule has 2 rings (SSSR count). The maximum atomic E-state index is 5.26. The van der Waals surface area contributed by atoms with Crippen LogP contribution in [0.1, 0.15) is 0 Å². The fourth-order valence-electron chi connectivity index (χ4n) is 0.865. The third-order valence-electron chi connectivity index (χ3n) is 1.28. The average molecular weight is 141 g/mol. The number of rotatable bonds is 0. The lowest BCUT2D eigenvalue weighted by atomic mass is 10.4. The number of nitrogens with one attached hydrogen (secondary N) is 1. The second-order valence-corrected chi connectivity index (χ2v) is 2.89. The topological polar surface area (TPSA) is 21.3 Å². The van der Waals surface area contributed by atoms with E-state index in [0.717, 1.165) is 11.8 Å². The van der Waals surface area contributed by atoms with Crippen LogP contribution in [-0.4, -0.2) is 12.5 Å². The molecule has 2 nitrogen and oxygen atoms in total. The van der Waals surface area contributed by atoms with E-state index in [1.54, 1.807) is 11.8 Å². The first-order chi connectivity index (χ1) is 4.47. The molecule has 1 N–H and O–H groups in total. The van der Waals surface area contributed by atoms with Gasteiger partial charge in [-0.3, -0.25) is 0 Å². The van der Waals surface area contributed by atoms with Gasteiger partial charge in [-0.05, 0) is 12.2 Å². The second-order valence-electron chi connectivity index (χ2n) is 1.87. The van der Waals surface area contributed by atoms with Crippen LogP contribution in [0.15, 0.2) is 22.9 Å². The molecule has 48 valence electrons. The minimum Gasteiger partial charge on any atom is -0.474 e. The first-order valence-electron chi connectivity index (χ1n) is 2.87. The molecule has 0 radical (unpaired) electrons. The predicted octanol–water partition coefficient (Wildman–Crippen LogP) is 1.04. The Morgan fingerprint density at radius 1 is 1.67 bits per heavy atom. The molecule has 0 spiro atoms. The fraction of sp³-hybridized carbons (Fsp3) is 0.333. The van der Waals surface area contributed by atoms with Gasteiger partial charge in [-0.25, -0.2) is 0 Å². The minimum atomic E-state index is 0.715. The van der Waals surface area contributed by atoms with E-state index in [2.05, 4.69) is 11.4 Å². The van der Waals surface area contributed by atoms with E-state index in [-0.39, 0.29) is 0 Å².